The van der Waals surface area contributed by atoms with Crippen LogP contribution in [-0.4, -0.2) is 42.8 Å². The summed E-state index contributed by atoms with van der Waals surface area (Å²) >= 11 is 0. The van der Waals surface area contributed by atoms with Gasteiger partial charge in [-0.25, -0.2) is 4.98 Å². The molecule has 0 bridgehead atoms. The maximum absolute atomic E-state index is 5.38. The molecule has 1 aromatic heterocycles. The van der Waals surface area contributed by atoms with E-state index in [1.807, 2.05) is 13.0 Å². The summed E-state index contributed by atoms with van der Waals surface area (Å²) in [5.74, 6) is 1.63. The number of hydrogen-bond acceptors (Lipinski definition) is 5. The van der Waals surface area contributed by atoms with Crippen LogP contribution in [0.1, 0.15) is 13.3 Å². The van der Waals surface area contributed by atoms with Crippen molar-refractivity contribution in [3.63, 3.8) is 0 Å². The molecule has 1 fully saturated rings. The number of anilines is 2. The molecule has 1 N–H and O–H groups in total. The number of nitrogens with zero attached hydrogens (tertiary/aromatic N) is 3. The smallest absolute Gasteiger partial charge is 0.224 e. The van der Waals surface area contributed by atoms with Gasteiger partial charge in [0.2, 0.25) is 5.95 Å². The van der Waals surface area contributed by atoms with Crippen molar-refractivity contribution in [2.24, 2.45) is 0 Å². The van der Waals surface area contributed by atoms with Gasteiger partial charge >= 0.3 is 0 Å². The predicted octanol–water partition coefficient (Wildman–Crippen LogP) is 1.13. The molecule has 1 unspecified atom stereocenters. The van der Waals surface area contributed by atoms with E-state index < -0.39 is 0 Å². The molecule has 0 spiro atoms. The lowest BCUT2D eigenvalue weighted by atomic mass is 10.2. The minimum Gasteiger partial charge on any atom is -0.379 e. The first-order valence-electron chi connectivity index (χ1n) is 5.68. The largest absolute Gasteiger partial charge is 0.379 e. The zero-order valence-corrected chi connectivity index (χ0v) is 9.81. The van der Waals surface area contributed by atoms with Crippen LogP contribution in [0.5, 0.6) is 0 Å². The van der Waals surface area contributed by atoms with Crippen LogP contribution in [0.4, 0.5) is 11.8 Å². The van der Waals surface area contributed by atoms with Gasteiger partial charge in [0.25, 0.3) is 0 Å². The lowest BCUT2D eigenvalue weighted by molar-refractivity contribution is 0.193. The van der Waals surface area contributed by atoms with Crippen LogP contribution in [0, 0.1) is 0 Å². The molecular weight excluding hydrogens is 204 g/mol. The Labute approximate surface area is 95.8 Å². The highest BCUT2D eigenvalue weighted by molar-refractivity contribution is 5.42. The number of nitrogens with one attached hydrogen (secondary N) is 1. The van der Waals surface area contributed by atoms with Crippen molar-refractivity contribution in [3.05, 3.63) is 12.3 Å². The molecule has 16 heavy (non-hydrogen) atoms. The Balaban J connectivity index is 2.09. The molecule has 2 rings (SSSR count). The average molecular weight is 222 g/mol. The first-order chi connectivity index (χ1) is 7.81. The van der Waals surface area contributed by atoms with Crippen molar-refractivity contribution in [1.29, 1.82) is 0 Å². The maximum Gasteiger partial charge on any atom is 0.224 e. The van der Waals surface area contributed by atoms with Crippen LogP contribution in [0.2, 0.25) is 0 Å². The minimum absolute atomic E-state index is 0.435. The fourth-order valence-electron chi connectivity index (χ4n) is 1.80. The summed E-state index contributed by atoms with van der Waals surface area (Å²) in [6, 6.07) is 2.36. The van der Waals surface area contributed by atoms with Gasteiger partial charge in [0.1, 0.15) is 5.82 Å². The number of aromatic nitrogens is 2. The van der Waals surface area contributed by atoms with Gasteiger partial charge in [-0.3, -0.25) is 0 Å². The summed E-state index contributed by atoms with van der Waals surface area (Å²) in [5, 5.41) is 3.11. The van der Waals surface area contributed by atoms with Crippen LogP contribution in [0.25, 0.3) is 0 Å². The van der Waals surface area contributed by atoms with Gasteiger partial charge in [0.15, 0.2) is 0 Å². The molecular formula is C11H18N4O. The van der Waals surface area contributed by atoms with Gasteiger partial charge < -0.3 is 15.0 Å². The summed E-state index contributed by atoms with van der Waals surface area (Å²) in [6.07, 6.45) is 2.85. The molecule has 0 aliphatic carbocycles. The van der Waals surface area contributed by atoms with E-state index in [0.29, 0.717) is 12.0 Å². The lowest BCUT2D eigenvalue weighted by Crippen LogP contribution is -2.32. The Morgan fingerprint density at radius 3 is 3.19 bits per heavy atom. The maximum atomic E-state index is 5.38. The highest BCUT2D eigenvalue weighted by Crippen LogP contribution is 2.18. The highest BCUT2D eigenvalue weighted by atomic mass is 16.5. The number of ether oxygens (including phenoxy) is 1. The van der Waals surface area contributed by atoms with E-state index >= 15 is 0 Å². The third-order valence-corrected chi connectivity index (χ3v) is 2.79. The molecule has 1 aliphatic heterocycles. The molecule has 1 aromatic rings. The Morgan fingerprint density at radius 2 is 2.50 bits per heavy atom. The van der Waals surface area contributed by atoms with Gasteiger partial charge in [-0.1, -0.05) is 0 Å². The quantitative estimate of drug-likeness (QED) is 0.827. The molecule has 5 nitrogen and oxygen atoms in total. The highest BCUT2D eigenvalue weighted by Gasteiger charge is 2.21. The molecule has 0 amide bonds. The summed E-state index contributed by atoms with van der Waals surface area (Å²) in [6.45, 7) is 4.50. The Morgan fingerprint density at radius 1 is 1.62 bits per heavy atom. The van der Waals surface area contributed by atoms with Crippen molar-refractivity contribution in [1.82, 2.24) is 9.97 Å². The van der Waals surface area contributed by atoms with Crippen molar-refractivity contribution in [3.8, 4) is 0 Å². The van der Waals surface area contributed by atoms with Gasteiger partial charge in [0, 0.05) is 26.4 Å². The standard InChI is InChI=1S/C11H18N4O/c1-3-12-11-13-6-4-10(14-11)15(2)9-5-7-16-8-9/h4,6,9H,3,5,7-8H2,1-2H3,(H,12,13,14). The SMILES string of the molecule is CCNc1nccc(N(C)C2CCOC2)n1. The van der Waals surface area contributed by atoms with Crippen LogP contribution in [0.3, 0.4) is 0 Å². The fraction of sp³-hybridized carbons (Fsp3) is 0.636. The van der Waals surface area contributed by atoms with Gasteiger partial charge in [-0.15, -0.1) is 0 Å². The normalized spacial score (nSPS) is 19.8. The van der Waals surface area contributed by atoms with Crippen LogP contribution in [0.15, 0.2) is 12.3 Å². The lowest BCUT2D eigenvalue weighted by Gasteiger charge is -2.24. The van der Waals surface area contributed by atoms with Gasteiger partial charge in [-0.2, -0.15) is 4.98 Å². The zero-order valence-electron chi connectivity index (χ0n) is 9.81. The van der Waals surface area contributed by atoms with Crippen molar-refractivity contribution in [2.75, 3.05) is 37.0 Å². The molecule has 88 valence electrons. The molecule has 1 aliphatic rings. The Kier molecular flexibility index (Phi) is 3.56. The van der Waals surface area contributed by atoms with E-state index in [1.165, 1.54) is 0 Å². The molecule has 2 heterocycles. The molecule has 5 heteroatoms. The number of rotatable bonds is 4. The first-order valence-corrected chi connectivity index (χ1v) is 5.68. The second kappa shape index (κ2) is 5.12. The first kappa shape index (κ1) is 11.1. The topological polar surface area (TPSA) is 50.3 Å². The van der Waals surface area contributed by atoms with Crippen LogP contribution in [-0.2, 0) is 4.74 Å². The van der Waals surface area contributed by atoms with Crippen molar-refractivity contribution in [2.45, 2.75) is 19.4 Å². The Hall–Kier alpha value is -1.36. The van der Waals surface area contributed by atoms with Crippen LogP contribution < -0.4 is 10.2 Å². The number of hydrogen-bond donors (Lipinski definition) is 1. The van der Waals surface area contributed by atoms with E-state index in [9.17, 15) is 0 Å². The van der Waals surface area contributed by atoms with E-state index in [1.54, 1.807) is 6.20 Å². The average Bonchev–Trinajstić information content (AvgIpc) is 2.82. The molecule has 1 atom stereocenters. The summed E-state index contributed by atoms with van der Waals surface area (Å²) < 4.78 is 5.38. The van der Waals surface area contributed by atoms with E-state index in [-0.39, 0.29) is 0 Å². The van der Waals surface area contributed by atoms with E-state index in [2.05, 4.69) is 27.2 Å². The summed E-state index contributed by atoms with van der Waals surface area (Å²) in [5.41, 5.74) is 0. The van der Waals surface area contributed by atoms with Gasteiger partial charge in [-0.05, 0) is 19.4 Å². The Bertz CT molecular complexity index is 339. The molecule has 0 radical (unpaired) electrons. The van der Waals surface area contributed by atoms with Crippen molar-refractivity contribution >= 4 is 11.8 Å². The summed E-state index contributed by atoms with van der Waals surface area (Å²) in [7, 11) is 2.05. The monoisotopic (exact) mass is 222 g/mol. The summed E-state index contributed by atoms with van der Waals surface area (Å²) in [4.78, 5) is 10.8. The predicted molar refractivity (Wildman–Crippen MR) is 63.8 cm³/mol. The van der Waals surface area contributed by atoms with Crippen LogP contribution >= 0.6 is 0 Å². The van der Waals surface area contributed by atoms with E-state index in [4.69, 9.17) is 4.74 Å². The third kappa shape index (κ3) is 2.41. The zero-order chi connectivity index (χ0) is 11.4. The minimum atomic E-state index is 0.435. The van der Waals surface area contributed by atoms with E-state index in [0.717, 1.165) is 32.0 Å². The molecule has 1 saturated heterocycles. The third-order valence-electron chi connectivity index (χ3n) is 2.79. The fourth-order valence-corrected chi connectivity index (χ4v) is 1.80. The molecule has 0 saturated carbocycles. The van der Waals surface area contributed by atoms with Gasteiger partial charge in [0.05, 0.1) is 12.6 Å². The number of likely N-dealkylation sites (N-methyl/N-ethyl adjacent to an activating group) is 1. The second-order valence-corrected chi connectivity index (χ2v) is 3.90. The van der Waals surface area contributed by atoms with Crippen molar-refractivity contribution < 1.29 is 4.74 Å². The second-order valence-electron chi connectivity index (χ2n) is 3.90. The molecule has 0 aromatic carbocycles.